The number of primary amides is 1. The van der Waals surface area contributed by atoms with Crippen LogP contribution in [0.25, 0.3) is 11.3 Å². The van der Waals surface area contributed by atoms with Gasteiger partial charge in [-0.3, -0.25) is 4.79 Å². The van der Waals surface area contributed by atoms with Crippen LogP contribution in [-0.4, -0.2) is 16.3 Å². The van der Waals surface area contributed by atoms with Crippen molar-refractivity contribution in [1.82, 2.24) is 5.16 Å². The summed E-state index contributed by atoms with van der Waals surface area (Å²) in [6.07, 6.45) is 0. The highest BCUT2D eigenvalue weighted by Gasteiger charge is 2.12. The fourth-order valence-corrected chi connectivity index (χ4v) is 2.27. The number of amides is 1. The highest BCUT2D eigenvalue weighted by molar-refractivity contribution is 7.99. The molecule has 2 N–H and O–H groups in total. The van der Waals surface area contributed by atoms with E-state index in [1.165, 1.54) is 11.8 Å². The summed E-state index contributed by atoms with van der Waals surface area (Å²) in [6.45, 7) is 1.77. The van der Waals surface area contributed by atoms with Crippen molar-refractivity contribution in [3.63, 3.8) is 0 Å². The van der Waals surface area contributed by atoms with Crippen molar-refractivity contribution in [3.05, 3.63) is 41.1 Å². The zero-order valence-corrected chi connectivity index (χ0v) is 11.9. The van der Waals surface area contributed by atoms with Crippen LogP contribution in [0, 0.1) is 0 Å². The zero-order valence-electron chi connectivity index (χ0n) is 10.3. The summed E-state index contributed by atoms with van der Waals surface area (Å²) in [5, 5.41) is 4.42. The van der Waals surface area contributed by atoms with Gasteiger partial charge in [0.25, 0.3) is 0 Å². The molecule has 1 atom stereocenters. The van der Waals surface area contributed by atoms with Crippen molar-refractivity contribution >= 4 is 29.3 Å². The van der Waals surface area contributed by atoms with Crippen molar-refractivity contribution in [3.8, 4) is 11.3 Å². The van der Waals surface area contributed by atoms with Crippen LogP contribution in [0.15, 0.2) is 34.9 Å². The molecule has 19 heavy (non-hydrogen) atoms. The van der Waals surface area contributed by atoms with Crippen molar-refractivity contribution in [2.75, 3.05) is 0 Å². The van der Waals surface area contributed by atoms with Crippen LogP contribution < -0.4 is 5.73 Å². The molecule has 6 heteroatoms. The normalized spacial score (nSPS) is 12.3. The third-order valence-electron chi connectivity index (χ3n) is 2.58. The summed E-state index contributed by atoms with van der Waals surface area (Å²) in [7, 11) is 0. The van der Waals surface area contributed by atoms with Crippen LogP contribution in [0.5, 0.6) is 0 Å². The first kappa shape index (κ1) is 14.0. The van der Waals surface area contributed by atoms with Gasteiger partial charge >= 0.3 is 0 Å². The molecule has 100 valence electrons. The van der Waals surface area contributed by atoms with Crippen molar-refractivity contribution < 1.29 is 9.32 Å². The van der Waals surface area contributed by atoms with Gasteiger partial charge in [0.1, 0.15) is 11.5 Å². The van der Waals surface area contributed by atoms with E-state index < -0.39 is 0 Å². The van der Waals surface area contributed by atoms with Gasteiger partial charge in [-0.1, -0.05) is 28.9 Å². The topological polar surface area (TPSA) is 69.1 Å². The number of aromatic nitrogens is 1. The van der Waals surface area contributed by atoms with Gasteiger partial charge in [-0.15, -0.1) is 11.8 Å². The summed E-state index contributed by atoms with van der Waals surface area (Å²) in [5.41, 5.74) is 6.88. The molecule has 0 spiro atoms. The maximum absolute atomic E-state index is 10.9. The Bertz CT molecular complexity index is 568. The highest BCUT2D eigenvalue weighted by Crippen LogP contribution is 2.24. The Morgan fingerprint density at radius 3 is 2.79 bits per heavy atom. The van der Waals surface area contributed by atoms with E-state index in [1.807, 2.05) is 18.2 Å². The lowest BCUT2D eigenvalue weighted by Gasteiger charge is -2.03. The Morgan fingerprint density at radius 2 is 2.16 bits per heavy atom. The van der Waals surface area contributed by atoms with Crippen LogP contribution in [-0.2, 0) is 10.5 Å². The largest absolute Gasteiger partial charge is 0.369 e. The van der Waals surface area contributed by atoms with Crippen LogP contribution >= 0.6 is 23.4 Å². The lowest BCUT2D eigenvalue weighted by Crippen LogP contribution is -2.22. The maximum Gasteiger partial charge on any atom is 0.230 e. The first-order valence-corrected chi connectivity index (χ1v) is 7.11. The van der Waals surface area contributed by atoms with Crippen LogP contribution in [0.2, 0.25) is 5.02 Å². The van der Waals surface area contributed by atoms with Crippen molar-refractivity contribution in [2.45, 2.75) is 17.9 Å². The zero-order chi connectivity index (χ0) is 13.8. The number of rotatable bonds is 5. The first-order valence-electron chi connectivity index (χ1n) is 5.68. The van der Waals surface area contributed by atoms with Gasteiger partial charge in [-0.2, -0.15) is 0 Å². The molecule has 0 saturated heterocycles. The summed E-state index contributed by atoms with van der Waals surface area (Å²) in [5.74, 6) is 0.940. The number of hydrogen-bond acceptors (Lipinski definition) is 4. The van der Waals surface area contributed by atoms with Gasteiger partial charge in [0, 0.05) is 16.7 Å². The van der Waals surface area contributed by atoms with E-state index in [-0.39, 0.29) is 11.2 Å². The van der Waals surface area contributed by atoms with Gasteiger partial charge in [-0.25, -0.2) is 0 Å². The second-order valence-corrected chi connectivity index (χ2v) is 5.81. The van der Waals surface area contributed by atoms with Crippen molar-refractivity contribution in [1.29, 1.82) is 0 Å². The highest BCUT2D eigenvalue weighted by atomic mass is 35.5. The molecule has 2 aromatic rings. The van der Waals surface area contributed by atoms with E-state index in [2.05, 4.69) is 5.16 Å². The van der Waals surface area contributed by atoms with Gasteiger partial charge in [0.15, 0.2) is 0 Å². The molecule has 0 aliphatic carbocycles. The molecule has 1 heterocycles. The smallest absolute Gasteiger partial charge is 0.230 e. The number of thioether (sulfide) groups is 1. The fourth-order valence-electron chi connectivity index (χ4n) is 1.43. The summed E-state index contributed by atoms with van der Waals surface area (Å²) < 4.78 is 5.22. The molecule has 1 unspecified atom stereocenters. The minimum Gasteiger partial charge on any atom is -0.369 e. The van der Waals surface area contributed by atoms with Gasteiger partial charge < -0.3 is 10.3 Å². The lowest BCUT2D eigenvalue weighted by molar-refractivity contribution is -0.117. The van der Waals surface area contributed by atoms with E-state index in [9.17, 15) is 4.79 Å². The number of nitrogens with two attached hydrogens (primary N) is 1. The van der Waals surface area contributed by atoms with E-state index in [0.29, 0.717) is 16.5 Å². The predicted octanol–water partition coefficient (Wildman–Crippen LogP) is 3.10. The summed E-state index contributed by atoms with van der Waals surface area (Å²) in [6, 6.07) is 9.21. The molecule has 1 aromatic carbocycles. The molecule has 0 saturated carbocycles. The second-order valence-electron chi connectivity index (χ2n) is 4.04. The van der Waals surface area contributed by atoms with Gasteiger partial charge in [0.2, 0.25) is 5.91 Å². The van der Waals surface area contributed by atoms with Crippen molar-refractivity contribution in [2.24, 2.45) is 5.73 Å². The second kappa shape index (κ2) is 6.12. The molecule has 2 rings (SSSR count). The fraction of sp³-hybridized carbons (Fsp3) is 0.231. The molecule has 0 fully saturated rings. The van der Waals surface area contributed by atoms with Gasteiger partial charge in [0.05, 0.1) is 11.0 Å². The molecule has 1 amide bonds. The molecule has 0 aliphatic rings. The SMILES string of the molecule is CC(SCc1cc(-c2ccc(Cl)cc2)no1)C(N)=O. The third-order valence-corrected chi connectivity index (χ3v) is 4.01. The Hall–Kier alpha value is -1.46. The van der Waals surface area contributed by atoms with Crippen LogP contribution in [0.1, 0.15) is 12.7 Å². The Morgan fingerprint density at radius 1 is 1.47 bits per heavy atom. The first-order chi connectivity index (χ1) is 9.06. The molecule has 0 aliphatic heterocycles. The van der Waals surface area contributed by atoms with E-state index in [4.69, 9.17) is 21.9 Å². The van der Waals surface area contributed by atoms with Gasteiger partial charge in [-0.05, 0) is 19.1 Å². The van der Waals surface area contributed by atoms with Crippen LogP contribution in [0.3, 0.4) is 0 Å². The number of hydrogen-bond donors (Lipinski definition) is 1. The van der Waals surface area contributed by atoms with E-state index in [1.54, 1.807) is 19.1 Å². The standard InChI is InChI=1S/C13H13ClN2O2S/c1-8(13(15)17)19-7-11-6-12(16-18-11)9-2-4-10(14)5-3-9/h2-6,8H,7H2,1H3,(H2,15,17). The van der Waals surface area contributed by atoms with E-state index in [0.717, 1.165) is 11.3 Å². The minimum atomic E-state index is -0.331. The third kappa shape index (κ3) is 3.75. The Balaban J connectivity index is 2.03. The summed E-state index contributed by atoms with van der Waals surface area (Å²) >= 11 is 7.25. The average molecular weight is 297 g/mol. The number of benzene rings is 1. The Labute approximate surface area is 120 Å². The average Bonchev–Trinajstić information content (AvgIpc) is 2.85. The maximum atomic E-state index is 10.9. The quantitative estimate of drug-likeness (QED) is 0.920. The number of halogens is 1. The molecule has 0 radical (unpaired) electrons. The molecule has 4 nitrogen and oxygen atoms in total. The monoisotopic (exact) mass is 296 g/mol. The van der Waals surface area contributed by atoms with E-state index >= 15 is 0 Å². The lowest BCUT2D eigenvalue weighted by atomic mass is 10.1. The summed E-state index contributed by atoms with van der Waals surface area (Å²) in [4.78, 5) is 10.9. The number of carbonyl (C=O) groups excluding carboxylic acids is 1. The van der Waals surface area contributed by atoms with Crippen LogP contribution in [0.4, 0.5) is 0 Å². The molecule has 1 aromatic heterocycles. The molecular weight excluding hydrogens is 284 g/mol. The molecule has 0 bridgehead atoms. The molecular formula is C13H13ClN2O2S. The minimum absolute atomic E-state index is 0.246. The number of nitrogens with zero attached hydrogens (tertiary/aromatic N) is 1. The predicted molar refractivity (Wildman–Crippen MR) is 76.9 cm³/mol. The Kier molecular flexibility index (Phi) is 4.50. The number of carbonyl (C=O) groups is 1.